The molecule has 0 aliphatic rings. The van der Waals surface area contributed by atoms with Gasteiger partial charge in [0.15, 0.2) is 0 Å². The molecule has 0 bridgehead atoms. The normalized spacial score (nSPS) is 8.86. The molecule has 0 spiro atoms. The molecule has 0 N–H and O–H groups in total. The molecule has 2 nitrogen and oxygen atoms in total. The molecule has 0 saturated carbocycles. The second-order valence-electron chi connectivity index (χ2n) is 2.77. The van der Waals surface area contributed by atoms with Crippen LogP contribution in [0.5, 0.6) is 0 Å². The van der Waals surface area contributed by atoms with E-state index in [2.05, 4.69) is 29.8 Å². The predicted octanol–water partition coefficient (Wildman–Crippen LogP) is 3.34. The maximum Gasteiger partial charge on any atom is 0.128 e. The van der Waals surface area contributed by atoms with Crippen LogP contribution in [-0.4, -0.2) is 18.1 Å². The first kappa shape index (κ1) is 12.9. The zero-order chi connectivity index (χ0) is 10.8. The van der Waals surface area contributed by atoms with Crippen molar-refractivity contribution in [2.45, 2.75) is 34.1 Å². The van der Waals surface area contributed by atoms with E-state index in [0.29, 0.717) is 0 Å². The molecule has 0 saturated heterocycles. The van der Waals surface area contributed by atoms with Crippen molar-refractivity contribution < 1.29 is 0 Å². The van der Waals surface area contributed by atoms with Gasteiger partial charge in [0, 0.05) is 19.3 Å². The molecule has 0 amide bonds. The first-order chi connectivity index (χ1) is 6.88. The molecule has 0 unspecified atom stereocenters. The van der Waals surface area contributed by atoms with E-state index in [-0.39, 0.29) is 0 Å². The summed E-state index contributed by atoms with van der Waals surface area (Å²) in [4.78, 5) is 6.57. The zero-order valence-corrected chi connectivity index (χ0v) is 9.83. The number of hydrogen-bond donors (Lipinski definition) is 0. The average Bonchev–Trinajstić information content (AvgIpc) is 2.30. The van der Waals surface area contributed by atoms with Crippen molar-refractivity contribution in [3.63, 3.8) is 0 Å². The van der Waals surface area contributed by atoms with Gasteiger partial charge >= 0.3 is 0 Å². The average molecular weight is 194 g/mol. The molecule has 14 heavy (non-hydrogen) atoms. The molecule has 80 valence electrons. The summed E-state index contributed by atoms with van der Waals surface area (Å²) in [6.45, 7) is 10.5. The summed E-state index contributed by atoms with van der Waals surface area (Å²) in [5.74, 6) is 1.09. The summed E-state index contributed by atoms with van der Waals surface area (Å²) in [5, 5.41) is 0. The van der Waals surface area contributed by atoms with E-state index in [1.807, 2.05) is 32.2 Å². The van der Waals surface area contributed by atoms with E-state index in [9.17, 15) is 0 Å². The van der Waals surface area contributed by atoms with Crippen LogP contribution in [-0.2, 0) is 0 Å². The van der Waals surface area contributed by atoms with Crippen molar-refractivity contribution in [3.05, 3.63) is 24.4 Å². The molecule has 0 radical (unpaired) electrons. The Bertz CT molecular complexity index is 209. The van der Waals surface area contributed by atoms with Crippen molar-refractivity contribution in [2.75, 3.05) is 18.0 Å². The lowest BCUT2D eigenvalue weighted by atomic mass is 10.3. The van der Waals surface area contributed by atoms with Gasteiger partial charge in [-0.2, -0.15) is 0 Å². The molecule has 0 fully saturated rings. The van der Waals surface area contributed by atoms with Gasteiger partial charge in [-0.3, -0.25) is 0 Å². The Labute approximate surface area is 88.0 Å². The van der Waals surface area contributed by atoms with Gasteiger partial charge in [-0.1, -0.05) is 26.8 Å². The third-order valence-corrected chi connectivity index (χ3v) is 1.85. The highest BCUT2D eigenvalue weighted by Gasteiger charge is 2.01. The molecule has 0 aliphatic carbocycles. The van der Waals surface area contributed by atoms with Crippen LogP contribution < -0.4 is 4.90 Å². The molecular formula is C12H22N2. The van der Waals surface area contributed by atoms with Crippen LogP contribution in [0.3, 0.4) is 0 Å². The van der Waals surface area contributed by atoms with Crippen molar-refractivity contribution in [3.8, 4) is 0 Å². The zero-order valence-electron chi connectivity index (χ0n) is 9.83. The van der Waals surface area contributed by atoms with Gasteiger partial charge in [0.2, 0.25) is 0 Å². The van der Waals surface area contributed by atoms with Crippen molar-refractivity contribution in [2.24, 2.45) is 0 Å². The molecule has 1 aromatic heterocycles. The minimum absolute atomic E-state index is 1.03. The highest BCUT2D eigenvalue weighted by atomic mass is 15.2. The summed E-state index contributed by atoms with van der Waals surface area (Å²) in [7, 11) is 0. The summed E-state index contributed by atoms with van der Waals surface area (Å²) < 4.78 is 0. The fourth-order valence-corrected chi connectivity index (χ4v) is 1.25. The quantitative estimate of drug-likeness (QED) is 0.730. The Kier molecular flexibility index (Phi) is 7.90. The van der Waals surface area contributed by atoms with Gasteiger partial charge in [-0.25, -0.2) is 4.98 Å². The molecule has 0 aromatic carbocycles. The van der Waals surface area contributed by atoms with Crippen molar-refractivity contribution >= 4 is 5.82 Å². The predicted molar refractivity (Wildman–Crippen MR) is 63.8 cm³/mol. The van der Waals surface area contributed by atoms with E-state index in [1.165, 1.54) is 6.42 Å². The van der Waals surface area contributed by atoms with Crippen LogP contribution in [0.2, 0.25) is 0 Å². The molecule has 1 heterocycles. The Morgan fingerprint density at radius 2 is 1.93 bits per heavy atom. The second kappa shape index (κ2) is 8.54. The first-order valence-electron chi connectivity index (χ1n) is 5.54. The number of nitrogens with zero attached hydrogens (tertiary/aromatic N) is 2. The molecule has 1 aromatic rings. The van der Waals surface area contributed by atoms with Crippen LogP contribution >= 0.6 is 0 Å². The summed E-state index contributed by atoms with van der Waals surface area (Å²) in [6.07, 6.45) is 3.01. The summed E-state index contributed by atoms with van der Waals surface area (Å²) in [6, 6.07) is 6.03. The molecule has 0 aliphatic heterocycles. The van der Waals surface area contributed by atoms with Gasteiger partial charge in [-0.05, 0) is 25.5 Å². The van der Waals surface area contributed by atoms with Crippen LogP contribution in [0.1, 0.15) is 34.1 Å². The maximum absolute atomic E-state index is 4.29. The van der Waals surface area contributed by atoms with E-state index in [4.69, 9.17) is 0 Å². The second-order valence-corrected chi connectivity index (χ2v) is 2.77. The Hall–Kier alpha value is -1.05. The number of hydrogen-bond acceptors (Lipinski definition) is 2. The van der Waals surface area contributed by atoms with E-state index in [0.717, 1.165) is 18.9 Å². The highest BCUT2D eigenvalue weighted by molar-refractivity contribution is 5.37. The number of pyridine rings is 1. The first-order valence-corrected chi connectivity index (χ1v) is 5.54. The smallest absolute Gasteiger partial charge is 0.128 e. The van der Waals surface area contributed by atoms with Crippen LogP contribution in [0.25, 0.3) is 0 Å². The Morgan fingerprint density at radius 3 is 2.36 bits per heavy atom. The minimum atomic E-state index is 1.03. The molecular weight excluding hydrogens is 172 g/mol. The third-order valence-electron chi connectivity index (χ3n) is 1.85. The lowest BCUT2D eigenvalue weighted by Crippen LogP contribution is -2.24. The molecule has 1 rings (SSSR count). The van der Waals surface area contributed by atoms with Gasteiger partial charge in [-0.15, -0.1) is 0 Å². The highest BCUT2D eigenvalue weighted by Crippen LogP contribution is 2.08. The van der Waals surface area contributed by atoms with Crippen LogP contribution in [0.4, 0.5) is 5.82 Å². The van der Waals surface area contributed by atoms with E-state index in [1.54, 1.807) is 0 Å². The largest absolute Gasteiger partial charge is 0.357 e. The summed E-state index contributed by atoms with van der Waals surface area (Å²) in [5.41, 5.74) is 0. The SMILES string of the molecule is CC.CCCN(CC)c1ccccn1. The lowest BCUT2D eigenvalue weighted by molar-refractivity contribution is 0.779. The maximum atomic E-state index is 4.29. The summed E-state index contributed by atoms with van der Waals surface area (Å²) >= 11 is 0. The van der Waals surface area contributed by atoms with E-state index >= 15 is 0 Å². The number of anilines is 1. The van der Waals surface area contributed by atoms with Crippen molar-refractivity contribution in [1.29, 1.82) is 0 Å². The fourth-order valence-electron chi connectivity index (χ4n) is 1.25. The topological polar surface area (TPSA) is 16.1 Å². The van der Waals surface area contributed by atoms with Crippen LogP contribution in [0, 0.1) is 0 Å². The number of rotatable bonds is 4. The third kappa shape index (κ3) is 4.26. The minimum Gasteiger partial charge on any atom is -0.357 e. The molecule has 0 atom stereocenters. The molecule has 2 heteroatoms. The van der Waals surface area contributed by atoms with Gasteiger partial charge in [0.25, 0.3) is 0 Å². The van der Waals surface area contributed by atoms with Gasteiger partial charge in [0.05, 0.1) is 0 Å². The lowest BCUT2D eigenvalue weighted by Gasteiger charge is -2.20. The number of aromatic nitrogens is 1. The van der Waals surface area contributed by atoms with Crippen molar-refractivity contribution in [1.82, 2.24) is 4.98 Å². The Morgan fingerprint density at radius 1 is 1.21 bits per heavy atom. The van der Waals surface area contributed by atoms with E-state index < -0.39 is 0 Å². The fraction of sp³-hybridized carbons (Fsp3) is 0.583. The standard InChI is InChI=1S/C10H16N2.C2H6/c1-3-9-12(4-2)10-7-5-6-8-11-10;1-2/h5-8H,3-4,9H2,1-2H3;1-2H3. The Balaban J connectivity index is 0.000000791. The monoisotopic (exact) mass is 194 g/mol. The van der Waals surface area contributed by atoms with Gasteiger partial charge < -0.3 is 4.90 Å². The van der Waals surface area contributed by atoms with Gasteiger partial charge in [0.1, 0.15) is 5.82 Å². The van der Waals surface area contributed by atoms with Crippen LogP contribution in [0.15, 0.2) is 24.4 Å².